The van der Waals surface area contributed by atoms with Crippen LogP contribution in [0.1, 0.15) is 34.1 Å². The molecule has 0 heterocycles. The maximum Gasteiger partial charge on any atom is 0.323 e. The minimum Gasteiger partial charge on any atom is -0.480 e. The number of carboxylic acids is 1. The van der Waals surface area contributed by atoms with Crippen molar-refractivity contribution >= 4 is 16.0 Å². The third-order valence-corrected chi connectivity index (χ3v) is 4.91. The predicted octanol–water partition coefficient (Wildman–Crippen LogP) is 0.486. The van der Waals surface area contributed by atoms with E-state index < -0.39 is 21.2 Å². The largest absolute Gasteiger partial charge is 0.480 e. The Hall–Kier alpha value is -0.660. The molecule has 1 atom stereocenters. The van der Waals surface area contributed by atoms with Crippen molar-refractivity contribution in [2.75, 3.05) is 19.6 Å². The number of nitrogens with two attached hydrogens (primary N) is 1. The highest BCUT2D eigenvalue weighted by Crippen LogP contribution is 2.20. The molecule has 108 valence electrons. The predicted molar refractivity (Wildman–Crippen MR) is 70.7 cm³/mol. The number of carbonyl (C=O) groups is 1. The molecule has 0 fully saturated rings. The number of hydrogen-bond acceptors (Lipinski definition) is 4. The average molecular weight is 280 g/mol. The van der Waals surface area contributed by atoms with Crippen LogP contribution in [0.15, 0.2) is 0 Å². The zero-order chi connectivity index (χ0) is 14.6. The van der Waals surface area contributed by atoms with Gasteiger partial charge in [-0.1, -0.05) is 20.8 Å². The molecule has 0 aromatic heterocycles. The summed E-state index contributed by atoms with van der Waals surface area (Å²) in [4.78, 5) is 10.9. The monoisotopic (exact) mass is 280 g/mol. The lowest BCUT2D eigenvalue weighted by Gasteiger charge is -2.31. The Labute approximate surface area is 109 Å². The lowest BCUT2D eigenvalue weighted by molar-refractivity contribution is -0.136. The molecule has 0 aromatic rings. The molecule has 0 aromatic carbocycles. The standard InChI is InChI=1S/C11H24N2O4S/c1-5-6-13(8-11(3,4)7-12)18(16,17)9(2)10(14)15/h9H,5-8,12H2,1-4H3,(H,14,15). The summed E-state index contributed by atoms with van der Waals surface area (Å²) in [7, 11) is -3.83. The molecule has 0 amide bonds. The minimum atomic E-state index is -3.83. The fraction of sp³-hybridized carbons (Fsp3) is 0.909. The van der Waals surface area contributed by atoms with Gasteiger partial charge in [-0.15, -0.1) is 0 Å². The Kier molecular flexibility index (Phi) is 6.25. The fourth-order valence-corrected chi connectivity index (χ4v) is 3.11. The fourth-order valence-electron chi connectivity index (χ4n) is 1.44. The van der Waals surface area contributed by atoms with E-state index in [1.807, 2.05) is 20.8 Å². The van der Waals surface area contributed by atoms with Crippen molar-refractivity contribution in [3.63, 3.8) is 0 Å². The van der Waals surface area contributed by atoms with Gasteiger partial charge in [-0.05, 0) is 25.3 Å². The van der Waals surface area contributed by atoms with E-state index in [0.29, 0.717) is 19.5 Å². The van der Waals surface area contributed by atoms with E-state index in [1.165, 1.54) is 11.2 Å². The maximum absolute atomic E-state index is 12.2. The number of carboxylic acid groups (broad SMARTS) is 1. The van der Waals surface area contributed by atoms with Crippen molar-refractivity contribution in [1.82, 2.24) is 4.31 Å². The van der Waals surface area contributed by atoms with Crippen molar-refractivity contribution in [3.05, 3.63) is 0 Å². The molecule has 0 spiro atoms. The molecule has 0 aliphatic carbocycles. The van der Waals surface area contributed by atoms with Crippen molar-refractivity contribution in [2.24, 2.45) is 11.1 Å². The molecule has 0 aliphatic heterocycles. The number of hydrogen-bond donors (Lipinski definition) is 2. The van der Waals surface area contributed by atoms with E-state index >= 15 is 0 Å². The highest BCUT2D eigenvalue weighted by atomic mass is 32.2. The molecule has 0 bridgehead atoms. The van der Waals surface area contributed by atoms with E-state index in [0.717, 1.165) is 0 Å². The lowest BCUT2D eigenvalue weighted by atomic mass is 9.94. The molecule has 0 radical (unpaired) electrons. The van der Waals surface area contributed by atoms with E-state index in [4.69, 9.17) is 10.8 Å². The molecule has 6 nitrogen and oxygen atoms in total. The van der Waals surface area contributed by atoms with Gasteiger partial charge in [0.1, 0.15) is 0 Å². The van der Waals surface area contributed by atoms with Crippen molar-refractivity contribution in [3.8, 4) is 0 Å². The minimum absolute atomic E-state index is 0.233. The Morgan fingerprint density at radius 2 is 1.94 bits per heavy atom. The van der Waals surface area contributed by atoms with Gasteiger partial charge in [-0.2, -0.15) is 0 Å². The van der Waals surface area contributed by atoms with Crippen LogP contribution < -0.4 is 5.73 Å². The number of sulfonamides is 1. The molecule has 3 N–H and O–H groups in total. The molecular formula is C11H24N2O4S. The Bertz CT molecular complexity index is 379. The normalized spacial score (nSPS) is 14.8. The Morgan fingerprint density at radius 1 is 1.44 bits per heavy atom. The third-order valence-electron chi connectivity index (χ3n) is 2.78. The second kappa shape index (κ2) is 6.49. The van der Waals surface area contributed by atoms with Gasteiger partial charge in [-0.25, -0.2) is 12.7 Å². The van der Waals surface area contributed by atoms with Gasteiger partial charge in [0, 0.05) is 13.1 Å². The second-order valence-electron chi connectivity index (χ2n) is 5.23. The topological polar surface area (TPSA) is 101 Å². The van der Waals surface area contributed by atoms with Crippen LogP contribution in [0, 0.1) is 5.41 Å². The first-order valence-electron chi connectivity index (χ1n) is 6.00. The van der Waals surface area contributed by atoms with Crippen LogP contribution in [-0.4, -0.2) is 48.7 Å². The molecule has 0 rings (SSSR count). The maximum atomic E-state index is 12.2. The Morgan fingerprint density at radius 3 is 2.28 bits per heavy atom. The van der Waals surface area contributed by atoms with Crippen molar-refractivity contribution in [1.29, 1.82) is 0 Å². The molecule has 1 unspecified atom stereocenters. The number of aliphatic carboxylic acids is 1. The summed E-state index contributed by atoms with van der Waals surface area (Å²) in [6, 6.07) is 0. The van der Waals surface area contributed by atoms with Gasteiger partial charge in [0.25, 0.3) is 0 Å². The van der Waals surface area contributed by atoms with E-state index in [9.17, 15) is 13.2 Å². The Balaban J connectivity index is 5.17. The molecular weight excluding hydrogens is 256 g/mol. The number of nitrogens with zero attached hydrogens (tertiary/aromatic N) is 1. The SMILES string of the molecule is CCCN(CC(C)(C)CN)S(=O)(=O)C(C)C(=O)O. The summed E-state index contributed by atoms with van der Waals surface area (Å²) in [5.41, 5.74) is 5.22. The van der Waals surface area contributed by atoms with E-state index in [-0.39, 0.29) is 12.0 Å². The molecule has 18 heavy (non-hydrogen) atoms. The van der Waals surface area contributed by atoms with Crippen molar-refractivity contribution in [2.45, 2.75) is 39.4 Å². The third kappa shape index (κ3) is 4.55. The van der Waals surface area contributed by atoms with Gasteiger partial charge < -0.3 is 10.8 Å². The highest BCUT2D eigenvalue weighted by Gasteiger charge is 2.35. The van der Waals surface area contributed by atoms with Gasteiger partial charge in [-0.3, -0.25) is 4.79 Å². The van der Waals surface area contributed by atoms with E-state index in [1.54, 1.807) is 0 Å². The van der Waals surface area contributed by atoms with Gasteiger partial charge in [0.05, 0.1) is 0 Å². The molecule has 0 aliphatic rings. The van der Waals surface area contributed by atoms with Crippen LogP contribution in [0.2, 0.25) is 0 Å². The molecule has 7 heteroatoms. The van der Waals surface area contributed by atoms with Crippen LogP contribution in [-0.2, 0) is 14.8 Å². The lowest BCUT2D eigenvalue weighted by Crippen LogP contribution is -2.47. The second-order valence-corrected chi connectivity index (χ2v) is 7.48. The number of rotatable bonds is 8. The van der Waals surface area contributed by atoms with Crippen LogP contribution in [0.5, 0.6) is 0 Å². The first kappa shape index (κ1) is 17.3. The summed E-state index contributed by atoms with van der Waals surface area (Å²) >= 11 is 0. The average Bonchev–Trinajstić information content (AvgIpc) is 2.27. The molecule has 0 saturated carbocycles. The van der Waals surface area contributed by atoms with Crippen LogP contribution in [0.4, 0.5) is 0 Å². The smallest absolute Gasteiger partial charge is 0.323 e. The summed E-state index contributed by atoms with van der Waals surface area (Å²) < 4.78 is 25.6. The zero-order valence-electron chi connectivity index (χ0n) is 11.5. The summed E-state index contributed by atoms with van der Waals surface area (Å²) in [6.45, 7) is 7.64. The van der Waals surface area contributed by atoms with E-state index in [2.05, 4.69) is 0 Å². The first-order valence-corrected chi connectivity index (χ1v) is 7.50. The van der Waals surface area contributed by atoms with Crippen LogP contribution in [0.25, 0.3) is 0 Å². The van der Waals surface area contributed by atoms with Gasteiger partial charge >= 0.3 is 5.97 Å². The first-order chi connectivity index (χ1) is 8.08. The summed E-state index contributed by atoms with van der Waals surface area (Å²) in [6.07, 6.45) is 0.631. The zero-order valence-corrected chi connectivity index (χ0v) is 12.3. The van der Waals surface area contributed by atoms with Crippen molar-refractivity contribution < 1.29 is 18.3 Å². The van der Waals surface area contributed by atoms with Gasteiger partial charge in [0.15, 0.2) is 5.25 Å². The quantitative estimate of drug-likeness (QED) is 0.673. The summed E-state index contributed by atoms with van der Waals surface area (Å²) in [5, 5.41) is 7.43. The van der Waals surface area contributed by atoms with Gasteiger partial charge in [0.2, 0.25) is 10.0 Å². The highest BCUT2D eigenvalue weighted by molar-refractivity contribution is 7.90. The van der Waals surface area contributed by atoms with Crippen LogP contribution >= 0.6 is 0 Å². The van der Waals surface area contributed by atoms with Crippen LogP contribution in [0.3, 0.4) is 0 Å². The summed E-state index contributed by atoms with van der Waals surface area (Å²) in [5.74, 6) is -1.33. The molecule has 0 saturated heterocycles.